The number of fused-ring (bicyclic) bond motifs is 1. The number of hydrogen-bond donors (Lipinski definition) is 1. The molecule has 0 saturated heterocycles. The van der Waals surface area contributed by atoms with Crippen LogP contribution in [0.4, 0.5) is 4.39 Å². The SMILES string of the molecule is COc1ccc2c(c1)C(NC(=O)c1ccc(Cl)cc1F)CC(C)(C)O2. The van der Waals surface area contributed by atoms with Gasteiger partial charge in [-0.3, -0.25) is 4.79 Å². The Morgan fingerprint density at radius 3 is 2.76 bits per heavy atom. The molecule has 25 heavy (non-hydrogen) atoms. The summed E-state index contributed by atoms with van der Waals surface area (Å²) < 4.78 is 25.3. The van der Waals surface area contributed by atoms with Gasteiger partial charge in [0.2, 0.25) is 0 Å². The van der Waals surface area contributed by atoms with E-state index < -0.39 is 17.3 Å². The van der Waals surface area contributed by atoms with Crippen LogP contribution in [0.25, 0.3) is 0 Å². The fourth-order valence-corrected chi connectivity index (χ4v) is 3.16. The molecule has 6 heteroatoms. The van der Waals surface area contributed by atoms with Crippen molar-refractivity contribution in [3.63, 3.8) is 0 Å². The molecule has 1 N–H and O–H groups in total. The van der Waals surface area contributed by atoms with Crippen LogP contribution in [0.5, 0.6) is 11.5 Å². The average molecular weight is 364 g/mol. The van der Waals surface area contributed by atoms with Gasteiger partial charge in [0, 0.05) is 17.0 Å². The highest BCUT2D eigenvalue weighted by Crippen LogP contribution is 2.41. The third-order valence-electron chi connectivity index (χ3n) is 4.16. The minimum Gasteiger partial charge on any atom is -0.497 e. The van der Waals surface area contributed by atoms with Gasteiger partial charge in [-0.15, -0.1) is 0 Å². The van der Waals surface area contributed by atoms with E-state index in [1.54, 1.807) is 13.2 Å². The fraction of sp³-hybridized carbons (Fsp3) is 0.316. The molecule has 1 unspecified atom stereocenters. The normalized spacial score (nSPS) is 18.0. The van der Waals surface area contributed by atoms with Crippen LogP contribution in [-0.2, 0) is 0 Å². The van der Waals surface area contributed by atoms with Crippen molar-refractivity contribution in [3.05, 3.63) is 58.4 Å². The number of carbonyl (C=O) groups excluding carboxylic acids is 1. The molecule has 2 aromatic rings. The maximum Gasteiger partial charge on any atom is 0.254 e. The molecule has 1 amide bonds. The van der Waals surface area contributed by atoms with Crippen molar-refractivity contribution >= 4 is 17.5 Å². The standard InChI is InChI=1S/C19H19ClFNO3/c1-19(2)10-16(14-9-12(24-3)5-7-17(14)25-19)22-18(23)13-6-4-11(20)8-15(13)21/h4-9,16H,10H2,1-3H3,(H,22,23). The molecule has 3 rings (SSSR count). The first kappa shape index (κ1) is 17.5. The second-order valence-corrected chi connectivity index (χ2v) is 7.06. The Morgan fingerprint density at radius 1 is 1.32 bits per heavy atom. The number of carbonyl (C=O) groups is 1. The number of benzene rings is 2. The maximum atomic E-state index is 14.0. The van der Waals surface area contributed by atoms with Crippen LogP contribution in [0.15, 0.2) is 36.4 Å². The zero-order valence-electron chi connectivity index (χ0n) is 14.2. The van der Waals surface area contributed by atoms with Crippen molar-refractivity contribution in [1.29, 1.82) is 0 Å². The Balaban J connectivity index is 1.92. The molecule has 0 aliphatic carbocycles. The van der Waals surface area contributed by atoms with Crippen molar-refractivity contribution in [2.75, 3.05) is 7.11 Å². The largest absolute Gasteiger partial charge is 0.497 e. The molecule has 1 aliphatic rings. The molecule has 0 fully saturated rings. The molecule has 0 aromatic heterocycles. The third-order valence-corrected chi connectivity index (χ3v) is 4.39. The smallest absolute Gasteiger partial charge is 0.254 e. The Labute approximate surface area is 150 Å². The summed E-state index contributed by atoms with van der Waals surface area (Å²) in [5, 5.41) is 3.15. The predicted molar refractivity (Wildman–Crippen MR) is 93.9 cm³/mol. The van der Waals surface area contributed by atoms with Gasteiger partial charge in [-0.25, -0.2) is 4.39 Å². The predicted octanol–water partition coefficient (Wildman–Crippen LogP) is 4.52. The average Bonchev–Trinajstić information content (AvgIpc) is 2.53. The van der Waals surface area contributed by atoms with Crippen molar-refractivity contribution in [2.45, 2.75) is 31.9 Å². The summed E-state index contributed by atoms with van der Waals surface area (Å²) in [6.07, 6.45) is 0.550. The van der Waals surface area contributed by atoms with E-state index in [-0.39, 0.29) is 16.6 Å². The summed E-state index contributed by atoms with van der Waals surface area (Å²) in [7, 11) is 1.58. The number of methoxy groups -OCH3 is 1. The monoisotopic (exact) mass is 363 g/mol. The van der Waals surface area contributed by atoms with E-state index in [1.165, 1.54) is 12.1 Å². The Kier molecular flexibility index (Phi) is 4.60. The number of hydrogen-bond acceptors (Lipinski definition) is 3. The Morgan fingerprint density at radius 2 is 2.08 bits per heavy atom. The zero-order chi connectivity index (χ0) is 18.2. The minimum absolute atomic E-state index is 0.0434. The van der Waals surface area contributed by atoms with Crippen molar-refractivity contribution in [2.24, 2.45) is 0 Å². The van der Waals surface area contributed by atoms with Crippen molar-refractivity contribution in [1.82, 2.24) is 5.32 Å². The van der Waals surface area contributed by atoms with Gasteiger partial charge in [0.15, 0.2) is 0 Å². The summed E-state index contributed by atoms with van der Waals surface area (Å²) in [4.78, 5) is 12.6. The molecule has 2 aromatic carbocycles. The summed E-state index contributed by atoms with van der Waals surface area (Å²) >= 11 is 5.75. The molecule has 132 valence electrons. The van der Waals surface area contributed by atoms with Crippen LogP contribution in [0.3, 0.4) is 0 Å². The molecule has 0 saturated carbocycles. The summed E-state index contributed by atoms with van der Waals surface area (Å²) in [5.41, 5.74) is 0.303. The van der Waals surface area contributed by atoms with Gasteiger partial charge in [-0.05, 0) is 50.2 Å². The molecule has 0 radical (unpaired) electrons. The summed E-state index contributed by atoms with van der Waals surface area (Å²) in [6, 6.07) is 9.12. The van der Waals surface area contributed by atoms with Gasteiger partial charge in [0.1, 0.15) is 22.9 Å². The Bertz CT molecular complexity index is 822. The number of halogens is 2. The minimum atomic E-state index is -0.651. The fourth-order valence-electron chi connectivity index (χ4n) is 3.00. The lowest BCUT2D eigenvalue weighted by Crippen LogP contribution is -2.41. The van der Waals surface area contributed by atoms with E-state index in [0.29, 0.717) is 17.9 Å². The van der Waals surface area contributed by atoms with E-state index >= 15 is 0 Å². The highest BCUT2D eigenvalue weighted by Gasteiger charge is 2.35. The number of amides is 1. The van der Waals surface area contributed by atoms with Crippen LogP contribution in [-0.4, -0.2) is 18.6 Å². The first-order chi connectivity index (χ1) is 11.8. The maximum absolute atomic E-state index is 14.0. The van der Waals surface area contributed by atoms with Crippen LogP contribution in [0, 0.1) is 5.82 Å². The Hall–Kier alpha value is -2.27. The lowest BCUT2D eigenvalue weighted by molar-refractivity contribution is 0.0617. The van der Waals surface area contributed by atoms with Gasteiger partial charge in [-0.1, -0.05) is 11.6 Å². The third kappa shape index (κ3) is 3.71. The lowest BCUT2D eigenvalue weighted by Gasteiger charge is -2.38. The highest BCUT2D eigenvalue weighted by molar-refractivity contribution is 6.30. The molecular weight excluding hydrogens is 345 g/mol. The second kappa shape index (κ2) is 6.56. The molecule has 1 heterocycles. The zero-order valence-corrected chi connectivity index (χ0v) is 15.0. The van der Waals surface area contributed by atoms with Gasteiger partial charge in [-0.2, -0.15) is 0 Å². The van der Waals surface area contributed by atoms with Crippen LogP contribution in [0.2, 0.25) is 5.02 Å². The lowest BCUT2D eigenvalue weighted by atomic mass is 9.89. The van der Waals surface area contributed by atoms with Gasteiger partial charge in [0.25, 0.3) is 5.91 Å². The number of ether oxygens (including phenoxy) is 2. The first-order valence-electron chi connectivity index (χ1n) is 7.92. The van der Waals surface area contributed by atoms with E-state index in [9.17, 15) is 9.18 Å². The van der Waals surface area contributed by atoms with E-state index in [4.69, 9.17) is 21.1 Å². The second-order valence-electron chi connectivity index (χ2n) is 6.62. The number of nitrogens with one attached hydrogen (secondary N) is 1. The summed E-state index contributed by atoms with van der Waals surface area (Å²) in [5.74, 6) is 0.200. The molecule has 4 nitrogen and oxygen atoms in total. The highest BCUT2D eigenvalue weighted by atomic mass is 35.5. The quantitative estimate of drug-likeness (QED) is 0.872. The van der Waals surface area contributed by atoms with Gasteiger partial charge in [0.05, 0.1) is 18.7 Å². The van der Waals surface area contributed by atoms with Gasteiger partial charge < -0.3 is 14.8 Å². The van der Waals surface area contributed by atoms with Crippen LogP contribution < -0.4 is 14.8 Å². The van der Waals surface area contributed by atoms with Gasteiger partial charge >= 0.3 is 0 Å². The summed E-state index contributed by atoms with van der Waals surface area (Å²) in [6.45, 7) is 3.89. The van der Waals surface area contributed by atoms with E-state index in [2.05, 4.69) is 5.32 Å². The van der Waals surface area contributed by atoms with E-state index in [0.717, 1.165) is 11.6 Å². The van der Waals surface area contributed by atoms with E-state index in [1.807, 2.05) is 26.0 Å². The van der Waals surface area contributed by atoms with Crippen LogP contribution >= 0.6 is 11.6 Å². The molecule has 1 aliphatic heterocycles. The van der Waals surface area contributed by atoms with Crippen molar-refractivity contribution < 1.29 is 18.7 Å². The molecule has 1 atom stereocenters. The first-order valence-corrected chi connectivity index (χ1v) is 8.30. The van der Waals surface area contributed by atoms with Crippen LogP contribution in [0.1, 0.15) is 42.2 Å². The molecule has 0 bridgehead atoms. The van der Waals surface area contributed by atoms with Crippen molar-refractivity contribution in [3.8, 4) is 11.5 Å². The molecular formula is C19H19ClFNO3. The molecule has 0 spiro atoms. The number of rotatable bonds is 3. The topological polar surface area (TPSA) is 47.6 Å².